The van der Waals surface area contributed by atoms with Crippen LogP contribution in [-0.2, 0) is 0 Å². The quantitative estimate of drug-likeness (QED) is 0.648. The SMILES string of the molecule is C/N=C\C=C/C(C)c1cnc2ccc(Nc3cc(C(C)C)cnn3)nc2c1. The third kappa shape index (κ3) is 4.73. The van der Waals surface area contributed by atoms with E-state index in [1.165, 1.54) is 0 Å². The summed E-state index contributed by atoms with van der Waals surface area (Å²) in [6, 6.07) is 7.93. The van der Waals surface area contributed by atoms with Crippen LogP contribution in [-0.4, -0.2) is 33.4 Å². The molecule has 1 N–H and O–H groups in total. The Bertz CT molecular complexity index is 977. The molecule has 6 nitrogen and oxygen atoms in total. The van der Waals surface area contributed by atoms with E-state index >= 15 is 0 Å². The molecular formula is C21H24N6. The van der Waals surface area contributed by atoms with Crippen molar-refractivity contribution >= 4 is 28.9 Å². The second kappa shape index (κ2) is 8.49. The van der Waals surface area contributed by atoms with Gasteiger partial charge >= 0.3 is 0 Å². The number of nitrogens with one attached hydrogen (secondary N) is 1. The molecule has 3 heterocycles. The molecule has 0 radical (unpaired) electrons. The van der Waals surface area contributed by atoms with Crippen LogP contribution in [0.5, 0.6) is 0 Å². The van der Waals surface area contributed by atoms with Gasteiger partial charge in [-0.1, -0.05) is 26.8 Å². The van der Waals surface area contributed by atoms with E-state index < -0.39 is 0 Å². The Labute approximate surface area is 159 Å². The molecule has 1 unspecified atom stereocenters. The highest BCUT2D eigenvalue weighted by molar-refractivity contribution is 5.77. The van der Waals surface area contributed by atoms with Gasteiger partial charge in [0.05, 0.1) is 17.2 Å². The molecule has 27 heavy (non-hydrogen) atoms. The summed E-state index contributed by atoms with van der Waals surface area (Å²) in [5.74, 6) is 2.03. The molecule has 0 saturated heterocycles. The van der Waals surface area contributed by atoms with E-state index in [9.17, 15) is 0 Å². The highest BCUT2D eigenvalue weighted by Crippen LogP contribution is 2.22. The molecule has 0 aliphatic heterocycles. The molecule has 0 saturated carbocycles. The number of pyridine rings is 2. The molecule has 1 atom stereocenters. The predicted molar refractivity (Wildman–Crippen MR) is 111 cm³/mol. The third-order valence-corrected chi connectivity index (χ3v) is 4.32. The first-order valence-corrected chi connectivity index (χ1v) is 9.02. The third-order valence-electron chi connectivity index (χ3n) is 4.32. The van der Waals surface area contributed by atoms with E-state index in [0.29, 0.717) is 11.7 Å². The summed E-state index contributed by atoms with van der Waals surface area (Å²) in [4.78, 5) is 13.2. The van der Waals surface area contributed by atoms with Crippen molar-refractivity contribution in [3.8, 4) is 0 Å². The Morgan fingerprint density at radius 3 is 2.63 bits per heavy atom. The van der Waals surface area contributed by atoms with Gasteiger partial charge in [-0.05, 0) is 47.4 Å². The van der Waals surface area contributed by atoms with E-state index in [1.54, 1.807) is 19.5 Å². The van der Waals surface area contributed by atoms with Crippen molar-refractivity contribution in [2.45, 2.75) is 32.6 Å². The summed E-state index contributed by atoms with van der Waals surface area (Å²) in [6.07, 6.45) is 9.49. The van der Waals surface area contributed by atoms with Crippen molar-refractivity contribution in [3.05, 3.63) is 59.9 Å². The minimum Gasteiger partial charge on any atom is -0.323 e. The zero-order chi connectivity index (χ0) is 19.2. The summed E-state index contributed by atoms with van der Waals surface area (Å²) < 4.78 is 0. The molecule has 0 bridgehead atoms. The highest BCUT2D eigenvalue weighted by atomic mass is 15.2. The fourth-order valence-corrected chi connectivity index (χ4v) is 2.64. The maximum absolute atomic E-state index is 4.69. The van der Waals surface area contributed by atoms with Gasteiger partial charge in [-0.25, -0.2) is 4.98 Å². The standard InChI is InChI=1S/C21H24N6/c1-14(2)16-11-21(27-24-13-16)26-20-8-7-18-19(25-20)10-17(12-23-18)15(3)6-5-9-22-4/h5-15H,1-4H3,(H,25,26,27)/b6-5-,22-9-. The monoisotopic (exact) mass is 360 g/mol. The van der Waals surface area contributed by atoms with E-state index in [0.717, 1.165) is 28.0 Å². The summed E-state index contributed by atoms with van der Waals surface area (Å²) in [7, 11) is 1.76. The fraction of sp³-hybridized carbons (Fsp3) is 0.286. The van der Waals surface area contributed by atoms with Gasteiger partial charge < -0.3 is 5.32 Å². The van der Waals surface area contributed by atoms with Crippen LogP contribution in [0.1, 0.15) is 43.7 Å². The lowest BCUT2D eigenvalue weighted by Gasteiger charge is -2.10. The predicted octanol–water partition coefficient (Wildman–Crippen LogP) is 4.65. The van der Waals surface area contributed by atoms with Crippen molar-refractivity contribution in [3.63, 3.8) is 0 Å². The molecular weight excluding hydrogens is 336 g/mol. The van der Waals surface area contributed by atoms with Crippen molar-refractivity contribution < 1.29 is 0 Å². The summed E-state index contributed by atoms with van der Waals surface area (Å²) in [5.41, 5.74) is 3.94. The first-order valence-electron chi connectivity index (χ1n) is 9.02. The van der Waals surface area contributed by atoms with Crippen molar-refractivity contribution in [2.24, 2.45) is 4.99 Å². The summed E-state index contributed by atoms with van der Waals surface area (Å²) >= 11 is 0. The second-order valence-electron chi connectivity index (χ2n) is 6.74. The Morgan fingerprint density at radius 1 is 1.00 bits per heavy atom. The van der Waals surface area contributed by atoms with Crippen molar-refractivity contribution in [2.75, 3.05) is 12.4 Å². The fourth-order valence-electron chi connectivity index (χ4n) is 2.64. The van der Waals surface area contributed by atoms with Crippen LogP contribution in [0, 0.1) is 0 Å². The van der Waals surface area contributed by atoms with E-state index in [2.05, 4.69) is 58.4 Å². The second-order valence-corrected chi connectivity index (χ2v) is 6.74. The highest BCUT2D eigenvalue weighted by Gasteiger charge is 2.07. The number of hydrogen-bond acceptors (Lipinski definition) is 6. The number of hydrogen-bond donors (Lipinski definition) is 1. The van der Waals surface area contributed by atoms with Gasteiger partial charge in [0.2, 0.25) is 0 Å². The van der Waals surface area contributed by atoms with Crippen molar-refractivity contribution in [1.82, 2.24) is 20.2 Å². The number of anilines is 2. The molecule has 138 valence electrons. The number of aliphatic imine (C=N–C) groups is 1. The zero-order valence-electron chi connectivity index (χ0n) is 16.1. The lowest BCUT2D eigenvalue weighted by Crippen LogP contribution is -2.00. The molecule has 0 aromatic carbocycles. The molecule has 3 rings (SSSR count). The maximum Gasteiger partial charge on any atom is 0.154 e. The van der Waals surface area contributed by atoms with E-state index in [1.807, 2.05) is 30.5 Å². The Morgan fingerprint density at radius 2 is 1.85 bits per heavy atom. The number of rotatable bonds is 6. The molecule has 3 aromatic rings. The zero-order valence-corrected chi connectivity index (χ0v) is 16.1. The van der Waals surface area contributed by atoms with Gasteiger partial charge in [-0.2, -0.15) is 5.10 Å². The van der Waals surface area contributed by atoms with Crippen LogP contribution in [0.15, 0.2) is 53.8 Å². The molecule has 0 fully saturated rings. The van der Waals surface area contributed by atoms with Crippen LogP contribution < -0.4 is 5.32 Å². The van der Waals surface area contributed by atoms with Gasteiger partial charge in [0.25, 0.3) is 0 Å². The minimum atomic E-state index is 0.229. The Hall–Kier alpha value is -3.15. The number of aromatic nitrogens is 4. The molecule has 6 heteroatoms. The first kappa shape index (κ1) is 18.6. The molecule has 0 aliphatic rings. The van der Waals surface area contributed by atoms with Crippen LogP contribution in [0.3, 0.4) is 0 Å². The lowest BCUT2D eigenvalue weighted by molar-refractivity contribution is 0.843. The maximum atomic E-state index is 4.69. The normalized spacial score (nSPS) is 13.1. The molecule has 0 spiro atoms. The molecule has 3 aromatic heterocycles. The smallest absolute Gasteiger partial charge is 0.154 e. The van der Waals surface area contributed by atoms with Crippen molar-refractivity contribution in [1.29, 1.82) is 0 Å². The van der Waals surface area contributed by atoms with E-state index in [-0.39, 0.29) is 5.92 Å². The minimum absolute atomic E-state index is 0.229. The number of fused-ring (bicyclic) bond motifs is 1. The summed E-state index contributed by atoms with van der Waals surface area (Å²) in [6.45, 7) is 6.38. The molecule has 0 amide bonds. The van der Waals surface area contributed by atoms with Gasteiger partial charge in [0.1, 0.15) is 5.82 Å². The van der Waals surface area contributed by atoms with Gasteiger partial charge in [0, 0.05) is 25.4 Å². The van der Waals surface area contributed by atoms with Gasteiger partial charge in [-0.15, -0.1) is 5.10 Å². The van der Waals surface area contributed by atoms with Gasteiger partial charge in [-0.3, -0.25) is 9.98 Å². The van der Waals surface area contributed by atoms with Crippen LogP contribution in [0.4, 0.5) is 11.6 Å². The molecule has 0 aliphatic carbocycles. The largest absolute Gasteiger partial charge is 0.323 e. The van der Waals surface area contributed by atoms with Gasteiger partial charge in [0.15, 0.2) is 5.82 Å². The first-order chi connectivity index (χ1) is 13.1. The number of allylic oxidation sites excluding steroid dienone is 2. The topological polar surface area (TPSA) is 76.0 Å². The van der Waals surface area contributed by atoms with E-state index in [4.69, 9.17) is 4.98 Å². The average molecular weight is 360 g/mol. The summed E-state index contributed by atoms with van der Waals surface area (Å²) in [5, 5.41) is 11.5. The van der Waals surface area contributed by atoms with Crippen LogP contribution in [0.2, 0.25) is 0 Å². The Kier molecular flexibility index (Phi) is 5.86. The Balaban J connectivity index is 1.86. The van der Waals surface area contributed by atoms with Crippen LogP contribution in [0.25, 0.3) is 11.0 Å². The lowest BCUT2D eigenvalue weighted by atomic mass is 10.0. The average Bonchev–Trinajstić information content (AvgIpc) is 2.67. The number of nitrogens with zero attached hydrogens (tertiary/aromatic N) is 5. The van der Waals surface area contributed by atoms with Crippen LogP contribution >= 0.6 is 0 Å².